The highest BCUT2D eigenvalue weighted by Crippen LogP contribution is 2.10. The fourth-order valence-electron chi connectivity index (χ4n) is 2.10. The Morgan fingerprint density at radius 2 is 1.88 bits per heavy atom. The van der Waals surface area contributed by atoms with Crippen LogP contribution < -0.4 is 10.0 Å². The second-order valence-electron chi connectivity index (χ2n) is 5.24. The summed E-state index contributed by atoms with van der Waals surface area (Å²) in [6.07, 6.45) is 2.33. The predicted octanol–water partition coefficient (Wildman–Crippen LogP) is 0.979. The van der Waals surface area contributed by atoms with Gasteiger partial charge in [0, 0.05) is 44.1 Å². The Hall–Kier alpha value is -2.29. The van der Waals surface area contributed by atoms with Crippen LogP contribution in [0.2, 0.25) is 0 Å². The molecule has 2 N–H and O–H groups in total. The molecule has 0 atom stereocenters. The topological polar surface area (TPSA) is 97.4 Å². The Balaban J connectivity index is 1.89. The van der Waals surface area contributed by atoms with E-state index in [1.54, 1.807) is 6.20 Å². The first-order chi connectivity index (χ1) is 12.0. The molecule has 1 heterocycles. The highest BCUT2D eigenvalue weighted by Gasteiger charge is 2.14. The van der Waals surface area contributed by atoms with Gasteiger partial charge in [0.1, 0.15) is 0 Å². The molecule has 8 heteroatoms. The monoisotopic (exact) mass is 363 g/mol. The lowest BCUT2D eigenvalue weighted by Crippen LogP contribution is -2.28. The van der Waals surface area contributed by atoms with E-state index in [1.807, 2.05) is 18.2 Å². The molecule has 0 saturated heterocycles. The van der Waals surface area contributed by atoms with Crippen LogP contribution in [0.3, 0.4) is 0 Å². The fourth-order valence-corrected chi connectivity index (χ4v) is 3.11. The number of nitrogens with one attached hydrogen (secondary N) is 2. The first-order valence-corrected chi connectivity index (χ1v) is 9.28. The average Bonchev–Trinajstić information content (AvgIpc) is 2.63. The van der Waals surface area contributed by atoms with Crippen LogP contribution in [0.15, 0.2) is 53.6 Å². The Morgan fingerprint density at radius 1 is 1.12 bits per heavy atom. The third-order valence-electron chi connectivity index (χ3n) is 3.42. The minimum atomic E-state index is -3.60. The van der Waals surface area contributed by atoms with E-state index in [9.17, 15) is 13.2 Å². The van der Waals surface area contributed by atoms with Crippen molar-refractivity contribution in [3.05, 3.63) is 59.9 Å². The quantitative estimate of drug-likeness (QED) is 0.647. The average molecular weight is 363 g/mol. The number of pyridine rings is 1. The van der Waals surface area contributed by atoms with E-state index in [2.05, 4.69) is 15.0 Å². The zero-order valence-electron chi connectivity index (χ0n) is 13.9. The number of carbonyl (C=O) groups is 1. The largest absolute Gasteiger partial charge is 0.383 e. The summed E-state index contributed by atoms with van der Waals surface area (Å²) in [5.41, 5.74) is 1.29. The molecule has 0 saturated carbocycles. The van der Waals surface area contributed by atoms with Crippen LogP contribution in [0, 0.1) is 0 Å². The van der Waals surface area contributed by atoms with Crippen LogP contribution in [-0.4, -0.2) is 46.1 Å². The molecule has 2 aromatic rings. The van der Waals surface area contributed by atoms with Gasteiger partial charge < -0.3 is 10.1 Å². The van der Waals surface area contributed by atoms with Crippen molar-refractivity contribution in [2.45, 2.75) is 11.3 Å². The van der Waals surface area contributed by atoms with Crippen LogP contribution >= 0.6 is 0 Å². The molecule has 0 spiro atoms. The molecule has 134 valence electrons. The highest BCUT2D eigenvalue weighted by atomic mass is 32.2. The third-order valence-corrected chi connectivity index (χ3v) is 4.89. The first kappa shape index (κ1) is 19.0. The van der Waals surface area contributed by atoms with Gasteiger partial charge in [-0.1, -0.05) is 6.07 Å². The lowest BCUT2D eigenvalue weighted by atomic mass is 10.2. The molecule has 7 nitrogen and oxygen atoms in total. The van der Waals surface area contributed by atoms with Gasteiger partial charge in [-0.15, -0.1) is 0 Å². The number of benzene rings is 1. The number of sulfonamides is 1. The van der Waals surface area contributed by atoms with E-state index in [-0.39, 0.29) is 24.0 Å². The summed E-state index contributed by atoms with van der Waals surface area (Å²) in [6.45, 7) is 0.930. The minimum absolute atomic E-state index is 0.105. The lowest BCUT2D eigenvalue weighted by molar-refractivity contribution is 0.0954. The predicted molar refractivity (Wildman–Crippen MR) is 93.8 cm³/mol. The zero-order valence-corrected chi connectivity index (χ0v) is 14.8. The minimum Gasteiger partial charge on any atom is -0.383 e. The van der Waals surface area contributed by atoms with Crippen molar-refractivity contribution in [2.24, 2.45) is 0 Å². The molecule has 0 aliphatic rings. The summed E-state index contributed by atoms with van der Waals surface area (Å²) in [7, 11) is -2.10. The maximum absolute atomic E-state index is 12.1. The Labute approximate surface area is 147 Å². The van der Waals surface area contributed by atoms with Crippen LogP contribution in [0.25, 0.3) is 0 Å². The van der Waals surface area contributed by atoms with Gasteiger partial charge >= 0.3 is 0 Å². The van der Waals surface area contributed by atoms with Crippen LogP contribution in [0.4, 0.5) is 0 Å². The van der Waals surface area contributed by atoms with Crippen LogP contribution in [0.5, 0.6) is 0 Å². The van der Waals surface area contributed by atoms with E-state index in [0.717, 1.165) is 5.69 Å². The molecule has 0 aliphatic carbocycles. The maximum atomic E-state index is 12.1. The fraction of sp³-hybridized carbons (Fsp3) is 0.294. The number of aromatic nitrogens is 1. The molecule has 1 aromatic carbocycles. The second-order valence-corrected chi connectivity index (χ2v) is 7.01. The summed E-state index contributed by atoms with van der Waals surface area (Å²) < 4.78 is 31.3. The van der Waals surface area contributed by atoms with Gasteiger partial charge in [0.05, 0.1) is 11.5 Å². The van der Waals surface area contributed by atoms with Crippen LogP contribution in [-0.2, 0) is 21.2 Å². The standard InChI is InChI=1S/C17H21N3O4S/c1-24-13-12-20-25(22,23)16-7-5-14(6-8-16)17(21)19-11-9-15-4-2-3-10-18-15/h2-8,10,20H,9,11-13H2,1H3,(H,19,21). The molecule has 0 radical (unpaired) electrons. The van der Waals surface area contributed by atoms with Gasteiger partial charge in [-0.05, 0) is 36.4 Å². The smallest absolute Gasteiger partial charge is 0.251 e. The normalized spacial score (nSPS) is 11.2. The number of amides is 1. The van der Waals surface area contributed by atoms with E-state index < -0.39 is 10.0 Å². The number of carbonyl (C=O) groups excluding carboxylic acids is 1. The Kier molecular flexibility index (Phi) is 7.05. The summed E-state index contributed by atoms with van der Waals surface area (Å²) in [4.78, 5) is 16.4. The summed E-state index contributed by atoms with van der Waals surface area (Å²) in [6, 6.07) is 11.4. The third kappa shape index (κ3) is 5.93. The molecular formula is C17H21N3O4S. The van der Waals surface area contributed by atoms with Crippen molar-refractivity contribution >= 4 is 15.9 Å². The molecule has 0 bridgehead atoms. The zero-order chi connectivity index (χ0) is 18.1. The highest BCUT2D eigenvalue weighted by molar-refractivity contribution is 7.89. The van der Waals surface area contributed by atoms with Gasteiger partial charge in [-0.25, -0.2) is 13.1 Å². The van der Waals surface area contributed by atoms with Crippen molar-refractivity contribution in [3.63, 3.8) is 0 Å². The lowest BCUT2D eigenvalue weighted by Gasteiger charge is -2.08. The molecule has 0 aliphatic heterocycles. The number of nitrogens with zero attached hydrogens (tertiary/aromatic N) is 1. The summed E-state index contributed by atoms with van der Waals surface area (Å²) >= 11 is 0. The van der Waals surface area contributed by atoms with E-state index in [4.69, 9.17) is 4.74 Å². The molecule has 0 fully saturated rings. The molecule has 2 rings (SSSR count). The van der Waals surface area contributed by atoms with Gasteiger partial charge in [-0.3, -0.25) is 9.78 Å². The van der Waals surface area contributed by atoms with Crippen LogP contribution in [0.1, 0.15) is 16.1 Å². The molecule has 25 heavy (non-hydrogen) atoms. The van der Waals surface area contributed by atoms with Gasteiger partial charge in [0.15, 0.2) is 0 Å². The SMILES string of the molecule is COCCNS(=O)(=O)c1ccc(C(=O)NCCc2ccccn2)cc1. The molecular weight excluding hydrogens is 342 g/mol. The Morgan fingerprint density at radius 3 is 2.52 bits per heavy atom. The van der Waals surface area contributed by atoms with Gasteiger partial charge in [0.25, 0.3) is 5.91 Å². The summed E-state index contributed by atoms with van der Waals surface area (Å²) in [5, 5.41) is 2.79. The van der Waals surface area contributed by atoms with Gasteiger partial charge in [-0.2, -0.15) is 0 Å². The van der Waals surface area contributed by atoms with Gasteiger partial charge in [0.2, 0.25) is 10.0 Å². The number of hydrogen-bond acceptors (Lipinski definition) is 5. The van der Waals surface area contributed by atoms with E-state index in [0.29, 0.717) is 18.5 Å². The second kappa shape index (κ2) is 9.26. The number of ether oxygens (including phenoxy) is 1. The Bertz CT molecular complexity index is 777. The molecule has 0 unspecified atom stereocenters. The molecule has 1 amide bonds. The van der Waals surface area contributed by atoms with Crippen molar-refractivity contribution in [2.75, 3.05) is 26.8 Å². The first-order valence-electron chi connectivity index (χ1n) is 7.80. The number of methoxy groups -OCH3 is 1. The van der Waals surface area contributed by atoms with Crippen molar-refractivity contribution in [3.8, 4) is 0 Å². The maximum Gasteiger partial charge on any atom is 0.251 e. The van der Waals surface area contributed by atoms with E-state index in [1.165, 1.54) is 31.4 Å². The van der Waals surface area contributed by atoms with E-state index >= 15 is 0 Å². The van der Waals surface area contributed by atoms with Crippen molar-refractivity contribution in [1.29, 1.82) is 0 Å². The summed E-state index contributed by atoms with van der Waals surface area (Å²) in [5.74, 6) is -0.257. The number of hydrogen-bond donors (Lipinski definition) is 2. The van der Waals surface area contributed by atoms with Crippen molar-refractivity contribution in [1.82, 2.24) is 15.0 Å². The van der Waals surface area contributed by atoms with Crippen molar-refractivity contribution < 1.29 is 17.9 Å². The molecule has 1 aromatic heterocycles. The number of rotatable bonds is 9.